The lowest BCUT2D eigenvalue weighted by atomic mass is 10.0. The van der Waals surface area contributed by atoms with E-state index in [1.54, 1.807) is 15.8 Å². The van der Waals surface area contributed by atoms with Crippen molar-refractivity contribution in [2.24, 2.45) is 11.8 Å². The van der Waals surface area contributed by atoms with Crippen LogP contribution in [0.4, 0.5) is 0 Å². The predicted octanol–water partition coefficient (Wildman–Crippen LogP) is 2.91. The zero-order valence-corrected chi connectivity index (χ0v) is 12.4. The van der Waals surface area contributed by atoms with Crippen molar-refractivity contribution < 1.29 is 8.42 Å². The van der Waals surface area contributed by atoms with E-state index in [1.807, 2.05) is 0 Å². The molecule has 3 rings (SSSR count). The molecule has 0 radical (unpaired) electrons. The third-order valence-electron chi connectivity index (χ3n) is 4.09. The van der Waals surface area contributed by atoms with Crippen molar-refractivity contribution in [3.8, 4) is 0 Å². The third kappa shape index (κ3) is 2.11. The fourth-order valence-corrected chi connectivity index (χ4v) is 6.03. The van der Waals surface area contributed by atoms with Crippen molar-refractivity contribution >= 4 is 33.0 Å². The number of thiophene rings is 1. The van der Waals surface area contributed by atoms with E-state index in [0.717, 1.165) is 4.88 Å². The molecule has 6 heteroatoms. The fourth-order valence-electron chi connectivity index (χ4n) is 3.10. The van der Waals surface area contributed by atoms with Crippen molar-refractivity contribution in [3.05, 3.63) is 16.3 Å². The number of sulfonamides is 1. The van der Waals surface area contributed by atoms with Crippen LogP contribution < -0.4 is 0 Å². The zero-order chi connectivity index (χ0) is 12.8. The van der Waals surface area contributed by atoms with Crippen LogP contribution in [0, 0.1) is 11.8 Å². The van der Waals surface area contributed by atoms with Crippen LogP contribution in [0.5, 0.6) is 0 Å². The Morgan fingerprint density at radius 1 is 1.33 bits per heavy atom. The first-order valence-corrected chi connectivity index (χ1v) is 9.10. The maximum absolute atomic E-state index is 12.5. The van der Waals surface area contributed by atoms with Crippen LogP contribution in [-0.4, -0.2) is 25.8 Å². The van der Waals surface area contributed by atoms with Crippen molar-refractivity contribution in [1.29, 1.82) is 0 Å². The number of alkyl halides is 1. The lowest BCUT2D eigenvalue weighted by molar-refractivity contribution is 0.445. The molecule has 3 nitrogen and oxygen atoms in total. The maximum Gasteiger partial charge on any atom is 0.243 e. The Balaban J connectivity index is 1.82. The Labute approximate surface area is 117 Å². The van der Waals surface area contributed by atoms with Crippen LogP contribution in [0.25, 0.3) is 0 Å². The van der Waals surface area contributed by atoms with Crippen molar-refractivity contribution in [3.63, 3.8) is 0 Å². The van der Waals surface area contributed by atoms with Crippen molar-refractivity contribution in [2.75, 3.05) is 13.1 Å². The average molecular weight is 306 g/mol. The van der Waals surface area contributed by atoms with Gasteiger partial charge in [0.25, 0.3) is 0 Å². The number of hydrogen-bond acceptors (Lipinski definition) is 3. The second-order valence-electron chi connectivity index (χ2n) is 5.16. The quantitative estimate of drug-likeness (QED) is 0.805. The monoisotopic (exact) mass is 305 g/mol. The summed E-state index contributed by atoms with van der Waals surface area (Å²) in [5.74, 6) is 1.56. The molecule has 2 aliphatic rings. The summed E-state index contributed by atoms with van der Waals surface area (Å²) in [7, 11) is -3.28. The Morgan fingerprint density at radius 3 is 2.56 bits per heavy atom. The van der Waals surface area contributed by atoms with E-state index in [0.29, 0.717) is 35.7 Å². The van der Waals surface area contributed by atoms with E-state index >= 15 is 0 Å². The molecular weight excluding hydrogens is 290 g/mol. The van der Waals surface area contributed by atoms with Crippen LogP contribution >= 0.6 is 22.9 Å². The SMILES string of the molecule is O=S(=O)(c1csc(CCl)c1)N1CC2CCCC2C1. The van der Waals surface area contributed by atoms with E-state index < -0.39 is 10.0 Å². The van der Waals surface area contributed by atoms with Gasteiger partial charge in [0.2, 0.25) is 10.0 Å². The summed E-state index contributed by atoms with van der Waals surface area (Å²) in [6.45, 7) is 1.41. The summed E-state index contributed by atoms with van der Waals surface area (Å²) in [6, 6.07) is 1.71. The Bertz CT molecular complexity index is 528. The molecule has 0 aromatic carbocycles. The highest BCUT2D eigenvalue weighted by atomic mass is 35.5. The minimum absolute atomic E-state index is 0.380. The van der Waals surface area contributed by atoms with E-state index in [9.17, 15) is 8.42 Å². The van der Waals surface area contributed by atoms with Gasteiger partial charge in [-0.15, -0.1) is 22.9 Å². The molecule has 0 N–H and O–H groups in total. The van der Waals surface area contributed by atoms with Gasteiger partial charge in [-0.3, -0.25) is 0 Å². The van der Waals surface area contributed by atoms with Gasteiger partial charge in [0.1, 0.15) is 0 Å². The number of fused-ring (bicyclic) bond motifs is 1. The molecule has 1 saturated heterocycles. The van der Waals surface area contributed by atoms with E-state index in [1.165, 1.54) is 30.6 Å². The Hall–Kier alpha value is -0.100. The second kappa shape index (κ2) is 4.78. The first kappa shape index (κ1) is 12.9. The number of hydrogen-bond donors (Lipinski definition) is 0. The first-order chi connectivity index (χ1) is 8.61. The van der Waals surface area contributed by atoms with Crippen LogP contribution in [-0.2, 0) is 15.9 Å². The van der Waals surface area contributed by atoms with Crippen LogP contribution in [0.1, 0.15) is 24.1 Å². The highest BCUT2D eigenvalue weighted by molar-refractivity contribution is 7.89. The molecular formula is C12H16ClNO2S2. The molecule has 2 atom stereocenters. The summed E-state index contributed by atoms with van der Waals surface area (Å²) in [5, 5.41) is 1.71. The maximum atomic E-state index is 12.5. The van der Waals surface area contributed by atoms with Gasteiger partial charge < -0.3 is 0 Å². The lowest BCUT2D eigenvalue weighted by Crippen LogP contribution is -2.29. The molecule has 2 fully saturated rings. The van der Waals surface area contributed by atoms with Gasteiger partial charge in [0.15, 0.2) is 0 Å². The summed E-state index contributed by atoms with van der Waals surface area (Å²) in [5.41, 5.74) is 0. The molecule has 1 aromatic heterocycles. The van der Waals surface area contributed by atoms with Crippen molar-refractivity contribution in [1.82, 2.24) is 4.31 Å². The van der Waals surface area contributed by atoms with Crippen LogP contribution in [0.3, 0.4) is 0 Å². The molecule has 1 aliphatic carbocycles. The summed E-state index contributed by atoms with van der Waals surface area (Å²) in [6.07, 6.45) is 3.64. The van der Waals surface area contributed by atoms with Gasteiger partial charge >= 0.3 is 0 Å². The number of nitrogens with zero attached hydrogens (tertiary/aromatic N) is 1. The normalized spacial score (nSPS) is 28.7. The van der Waals surface area contributed by atoms with Crippen LogP contribution in [0.15, 0.2) is 16.3 Å². The standard InChI is InChI=1S/C12H16ClNO2S2/c13-5-11-4-12(8-17-11)18(15,16)14-6-9-2-1-3-10(9)7-14/h4,8-10H,1-3,5-7H2. The van der Waals surface area contributed by atoms with Gasteiger partial charge in [-0.25, -0.2) is 8.42 Å². The minimum atomic E-state index is -3.28. The first-order valence-electron chi connectivity index (χ1n) is 6.25. The molecule has 0 bridgehead atoms. The lowest BCUT2D eigenvalue weighted by Gasteiger charge is -2.16. The highest BCUT2D eigenvalue weighted by Gasteiger charge is 2.41. The predicted molar refractivity (Wildman–Crippen MR) is 73.5 cm³/mol. The topological polar surface area (TPSA) is 37.4 Å². The second-order valence-corrected chi connectivity index (χ2v) is 8.36. The van der Waals surface area contributed by atoms with Gasteiger partial charge in [0, 0.05) is 23.3 Å². The van der Waals surface area contributed by atoms with E-state index in [2.05, 4.69) is 0 Å². The smallest absolute Gasteiger partial charge is 0.207 e. The van der Waals surface area contributed by atoms with Gasteiger partial charge in [-0.1, -0.05) is 6.42 Å². The average Bonchev–Trinajstić information content (AvgIpc) is 3.03. The van der Waals surface area contributed by atoms with E-state index in [4.69, 9.17) is 11.6 Å². The largest absolute Gasteiger partial charge is 0.243 e. The van der Waals surface area contributed by atoms with Gasteiger partial charge in [-0.05, 0) is 30.7 Å². The molecule has 1 aliphatic heterocycles. The minimum Gasteiger partial charge on any atom is -0.207 e. The summed E-state index contributed by atoms with van der Waals surface area (Å²) >= 11 is 7.15. The molecule has 1 aromatic rings. The van der Waals surface area contributed by atoms with Crippen LogP contribution in [0.2, 0.25) is 0 Å². The molecule has 0 spiro atoms. The summed E-state index contributed by atoms with van der Waals surface area (Å²) in [4.78, 5) is 1.33. The third-order valence-corrected chi connectivity index (χ3v) is 7.43. The zero-order valence-electron chi connectivity index (χ0n) is 10.0. The fraction of sp³-hybridized carbons (Fsp3) is 0.667. The Kier molecular flexibility index (Phi) is 3.43. The van der Waals surface area contributed by atoms with Crippen molar-refractivity contribution in [2.45, 2.75) is 30.0 Å². The molecule has 100 valence electrons. The molecule has 0 amide bonds. The molecule has 2 unspecified atom stereocenters. The van der Waals surface area contributed by atoms with E-state index in [-0.39, 0.29) is 0 Å². The van der Waals surface area contributed by atoms with Gasteiger partial charge in [0.05, 0.1) is 10.8 Å². The molecule has 1 saturated carbocycles. The van der Waals surface area contributed by atoms with Gasteiger partial charge in [-0.2, -0.15) is 4.31 Å². The Morgan fingerprint density at radius 2 is 2.00 bits per heavy atom. The number of halogens is 1. The summed E-state index contributed by atoms with van der Waals surface area (Å²) < 4.78 is 26.6. The molecule has 18 heavy (non-hydrogen) atoms. The number of rotatable bonds is 3. The highest BCUT2D eigenvalue weighted by Crippen LogP contribution is 2.40. The molecule has 2 heterocycles.